The van der Waals surface area contributed by atoms with Crippen molar-refractivity contribution in [3.05, 3.63) is 23.5 Å². The Labute approximate surface area is 95.0 Å². The summed E-state index contributed by atoms with van der Waals surface area (Å²) in [5, 5.41) is 18.1. The van der Waals surface area contributed by atoms with E-state index in [-0.39, 0.29) is 11.2 Å². The van der Waals surface area contributed by atoms with Gasteiger partial charge in [0.15, 0.2) is 0 Å². The molecule has 88 valence electrons. The normalized spacial score (nSPS) is 10.3. The van der Waals surface area contributed by atoms with Gasteiger partial charge in [-0.1, -0.05) is 13.3 Å². The Bertz CT molecular complexity index is 355. The van der Waals surface area contributed by atoms with E-state index in [1.54, 1.807) is 13.0 Å². The van der Waals surface area contributed by atoms with E-state index in [1.165, 1.54) is 6.07 Å². The summed E-state index contributed by atoms with van der Waals surface area (Å²) in [4.78, 5) is 0. The van der Waals surface area contributed by atoms with Crippen LogP contribution in [0.5, 0.6) is 5.75 Å². The molecule has 0 radical (unpaired) electrons. The third-order valence-electron chi connectivity index (χ3n) is 2.25. The number of hydrogen-bond donors (Lipinski definition) is 2. The summed E-state index contributed by atoms with van der Waals surface area (Å²) in [6, 6.07) is 2.86. The van der Waals surface area contributed by atoms with E-state index in [9.17, 15) is 4.39 Å². The van der Waals surface area contributed by atoms with Crippen molar-refractivity contribution in [2.45, 2.75) is 26.7 Å². The highest BCUT2D eigenvalue weighted by Crippen LogP contribution is 2.14. The molecule has 0 atom stereocenters. The van der Waals surface area contributed by atoms with Crippen molar-refractivity contribution in [2.24, 2.45) is 0 Å². The van der Waals surface area contributed by atoms with Crippen LogP contribution in [0.4, 0.5) is 4.39 Å². The molecule has 0 spiro atoms. The molecule has 0 aliphatic carbocycles. The number of aryl methyl sites for hydroxylation is 1. The molecular weight excluding hydrogens is 210 g/mol. The monoisotopic (exact) mass is 226 g/mol. The number of benzene rings is 1. The summed E-state index contributed by atoms with van der Waals surface area (Å²) < 4.78 is 18.8. The zero-order valence-corrected chi connectivity index (χ0v) is 9.53. The smallest absolute Gasteiger partial charge is 0.494 e. The molecule has 2 N–H and O–H groups in total. The summed E-state index contributed by atoms with van der Waals surface area (Å²) >= 11 is 0. The second kappa shape index (κ2) is 5.87. The van der Waals surface area contributed by atoms with Gasteiger partial charge in [0, 0.05) is 0 Å². The lowest BCUT2D eigenvalue weighted by molar-refractivity contribution is 0.308. The van der Waals surface area contributed by atoms with Gasteiger partial charge in [0.1, 0.15) is 11.6 Å². The minimum Gasteiger partial charge on any atom is -0.494 e. The lowest BCUT2D eigenvalue weighted by Crippen LogP contribution is -2.34. The summed E-state index contributed by atoms with van der Waals surface area (Å²) in [5.74, 6) is -0.442. The standard InChI is InChI=1S/C11H16BFO3/c1-3-4-5-16-10-7-8(2)6-9(13)11(10)12(14)15/h6-7,14-15H,3-5H2,1-2H3. The van der Waals surface area contributed by atoms with Crippen molar-refractivity contribution < 1.29 is 19.2 Å². The molecule has 0 bridgehead atoms. The van der Waals surface area contributed by atoms with Crippen LogP contribution < -0.4 is 10.2 Å². The fourth-order valence-electron chi connectivity index (χ4n) is 1.42. The summed E-state index contributed by atoms with van der Waals surface area (Å²) in [6.45, 7) is 4.18. The number of rotatable bonds is 5. The Balaban J connectivity index is 2.95. The molecule has 1 rings (SSSR count). The van der Waals surface area contributed by atoms with Crippen LogP contribution in [-0.4, -0.2) is 23.8 Å². The van der Waals surface area contributed by atoms with Crippen molar-refractivity contribution in [1.82, 2.24) is 0 Å². The van der Waals surface area contributed by atoms with Gasteiger partial charge in [-0.05, 0) is 31.0 Å². The minimum absolute atomic E-state index is 0.193. The molecule has 0 heterocycles. The van der Waals surface area contributed by atoms with Crippen LogP contribution in [0.2, 0.25) is 0 Å². The van der Waals surface area contributed by atoms with Crippen LogP contribution in [0.3, 0.4) is 0 Å². The van der Waals surface area contributed by atoms with E-state index in [1.807, 2.05) is 6.92 Å². The van der Waals surface area contributed by atoms with Gasteiger partial charge in [-0.25, -0.2) is 4.39 Å². The number of hydrogen-bond acceptors (Lipinski definition) is 3. The maximum atomic E-state index is 13.5. The summed E-state index contributed by atoms with van der Waals surface area (Å²) in [6.07, 6.45) is 1.81. The van der Waals surface area contributed by atoms with Crippen molar-refractivity contribution >= 4 is 12.6 Å². The topological polar surface area (TPSA) is 49.7 Å². The number of halogens is 1. The molecule has 1 aromatic rings. The highest BCUT2D eigenvalue weighted by Gasteiger charge is 2.22. The zero-order chi connectivity index (χ0) is 12.1. The van der Waals surface area contributed by atoms with Crippen molar-refractivity contribution in [2.75, 3.05) is 6.61 Å². The summed E-state index contributed by atoms with van der Waals surface area (Å²) in [5.41, 5.74) is 0.495. The third-order valence-corrected chi connectivity index (χ3v) is 2.25. The van der Waals surface area contributed by atoms with Gasteiger partial charge in [-0.2, -0.15) is 0 Å². The lowest BCUT2D eigenvalue weighted by atomic mass is 9.78. The number of ether oxygens (including phenoxy) is 1. The van der Waals surface area contributed by atoms with E-state index in [2.05, 4.69) is 0 Å². The second-order valence-electron chi connectivity index (χ2n) is 3.73. The molecule has 0 unspecified atom stereocenters. The molecule has 0 aromatic heterocycles. The van der Waals surface area contributed by atoms with E-state index < -0.39 is 12.9 Å². The SMILES string of the molecule is CCCCOc1cc(C)cc(F)c1B(O)O. The molecule has 0 amide bonds. The Kier molecular flexibility index (Phi) is 4.77. The molecule has 0 saturated heterocycles. The van der Waals surface area contributed by atoms with Gasteiger partial charge in [0.25, 0.3) is 0 Å². The first-order valence-electron chi connectivity index (χ1n) is 5.35. The van der Waals surface area contributed by atoms with Crippen LogP contribution in [0.1, 0.15) is 25.3 Å². The highest BCUT2D eigenvalue weighted by atomic mass is 19.1. The zero-order valence-electron chi connectivity index (χ0n) is 9.53. The fraction of sp³-hybridized carbons (Fsp3) is 0.455. The van der Waals surface area contributed by atoms with Crippen LogP contribution in [-0.2, 0) is 0 Å². The fourth-order valence-corrected chi connectivity index (χ4v) is 1.42. The maximum absolute atomic E-state index is 13.5. The van der Waals surface area contributed by atoms with Crippen LogP contribution in [0.15, 0.2) is 12.1 Å². The first kappa shape index (κ1) is 13.0. The predicted molar refractivity (Wildman–Crippen MR) is 61.4 cm³/mol. The second-order valence-corrected chi connectivity index (χ2v) is 3.73. The third kappa shape index (κ3) is 3.22. The van der Waals surface area contributed by atoms with E-state index in [0.717, 1.165) is 12.8 Å². The van der Waals surface area contributed by atoms with E-state index in [0.29, 0.717) is 12.2 Å². The van der Waals surface area contributed by atoms with Gasteiger partial charge in [0.2, 0.25) is 0 Å². The Morgan fingerprint density at radius 3 is 2.62 bits per heavy atom. The van der Waals surface area contributed by atoms with Gasteiger partial charge in [-0.15, -0.1) is 0 Å². The molecule has 0 fully saturated rings. The molecule has 0 aliphatic rings. The quantitative estimate of drug-likeness (QED) is 0.581. The molecule has 16 heavy (non-hydrogen) atoms. The van der Waals surface area contributed by atoms with Crippen LogP contribution in [0, 0.1) is 12.7 Å². The average molecular weight is 226 g/mol. The minimum atomic E-state index is -1.85. The Morgan fingerprint density at radius 1 is 1.38 bits per heavy atom. The largest absolute Gasteiger partial charge is 0.495 e. The van der Waals surface area contributed by atoms with Gasteiger partial charge < -0.3 is 14.8 Å². The van der Waals surface area contributed by atoms with E-state index >= 15 is 0 Å². The summed E-state index contributed by atoms with van der Waals surface area (Å²) in [7, 11) is -1.85. The molecular formula is C11H16BFO3. The first-order valence-corrected chi connectivity index (χ1v) is 5.35. The maximum Gasteiger partial charge on any atom is 0.495 e. The van der Waals surface area contributed by atoms with Gasteiger partial charge >= 0.3 is 7.12 Å². The van der Waals surface area contributed by atoms with Crippen molar-refractivity contribution in [1.29, 1.82) is 0 Å². The highest BCUT2D eigenvalue weighted by molar-refractivity contribution is 6.59. The molecule has 5 heteroatoms. The molecule has 0 aliphatic heterocycles. The molecule has 1 aromatic carbocycles. The predicted octanol–water partition coefficient (Wildman–Crippen LogP) is 0.993. The molecule has 3 nitrogen and oxygen atoms in total. The van der Waals surface area contributed by atoms with Gasteiger partial charge in [0.05, 0.1) is 12.1 Å². The lowest BCUT2D eigenvalue weighted by Gasteiger charge is -2.12. The van der Waals surface area contributed by atoms with Crippen molar-refractivity contribution in [3.63, 3.8) is 0 Å². The van der Waals surface area contributed by atoms with E-state index in [4.69, 9.17) is 14.8 Å². The van der Waals surface area contributed by atoms with Crippen molar-refractivity contribution in [3.8, 4) is 5.75 Å². The van der Waals surface area contributed by atoms with Crippen LogP contribution >= 0.6 is 0 Å². The Hall–Kier alpha value is -1.07. The van der Waals surface area contributed by atoms with Gasteiger partial charge in [-0.3, -0.25) is 0 Å². The number of unbranched alkanes of at least 4 members (excludes halogenated alkanes) is 1. The average Bonchev–Trinajstić information content (AvgIpc) is 2.16. The van der Waals surface area contributed by atoms with Crippen LogP contribution in [0.25, 0.3) is 0 Å². The molecule has 0 saturated carbocycles. The first-order chi connectivity index (χ1) is 7.56. The Morgan fingerprint density at radius 2 is 2.06 bits per heavy atom.